The van der Waals surface area contributed by atoms with E-state index in [1.807, 2.05) is 0 Å². The van der Waals surface area contributed by atoms with E-state index in [-0.39, 0.29) is 22.9 Å². The van der Waals surface area contributed by atoms with E-state index in [1.54, 1.807) is 38.4 Å². The van der Waals surface area contributed by atoms with E-state index in [4.69, 9.17) is 23.2 Å². The van der Waals surface area contributed by atoms with Crippen LogP contribution in [0.15, 0.2) is 47.5 Å². The number of benzene rings is 2. The van der Waals surface area contributed by atoms with Gasteiger partial charge in [-0.1, -0.05) is 29.3 Å². The van der Waals surface area contributed by atoms with Crippen molar-refractivity contribution in [3.05, 3.63) is 68.7 Å². The van der Waals surface area contributed by atoms with Crippen LogP contribution < -0.4 is 10.9 Å². The van der Waals surface area contributed by atoms with Crippen LogP contribution in [0.4, 0.5) is 5.69 Å². The number of hydrogen-bond acceptors (Lipinski definition) is 4. The minimum absolute atomic E-state index is 0.181. The van der Waals surface area contributed by atoms with Gasteiger partial charge in [-0.05, 0) is 30.3 Å². The van der Waals surface area contributed by atoms with Crippen molar-refractivity contribution in [3.63, 3.8) is 0 Å². The molecule has 0 aliphatic heterocycles. The molecule has 1 heterocycles. The lowest BCUT2D eigenvalue weighted by Crippen LogP contribution is -2.28. The third-order valence-electron chi connectivity index (χ3n) is 3.96. The Morgan fingerprint density at radius 1 is 1.18 bits per heavy atom. The summed E-state index contributed by atoms with van der Waals surface area (Å²) >= 11 is 12.0. The van der Waals surface area contributed by atoms with Crippen LogP contribution in [0.25, 0.3) is 10.9 Å². The van der Waals surface area contributed by atoms with Crippen molar-refractivity contribution in [1.82, 2.24) is 14.5 Å². The molecule has 0 bridgehead atoms. The molecule has 0 saturated heterocycles. The fourth-order valence-electron chi connectivity index (χ4n) is 2.65. The SMILES string of the molecule is CN(C)C(=O)c1cccc(NC(=O)Cn2cnc3c(Cl)cc(Cl)cc3c2=O)c1. The molecule has 0 spiro atoms. The van der Waals surface area contributed by atoms with Crippen LogP contribution in [0.3, 0.4) is 0 Å². The third-order valence-corrected chi connectivity index (χ3v) is 4.47. The quantitative estimate of drug-likeness (QED) is 0.705. The van der Waals surface area contributed by atoms with E-state index in [2.05, 4.69) is 10.3 Å². The fraction of sp³-hybridized carbons (Fsp3) is 0.158. The second-order valence-electron chi connectivity index (χ2n) is 6.29. The van der Waals surface area contributed by atoms with Crippen LogP contribution in [0.1, 0.15) is 10.4 Å². The third kappa shape index (κ3) is 4.16. The summed E-state index contributed by atoms with van der Waals surface area (Å²) in [7, 11) is 3.29. The Bertz CT molecular complexity index is 1140. The summed E-state index contributed by atoms with van der Waals surface area (Å²) in [6.07, 6.45) is 1.26. The molecule has 28 heavy (non-hydrogen) atoms. The van der Waals surface area contributed by atoms with Gasteiger partial charge in [0.25, 0.3) is 11.5 Å². The Morgan fingerprint density at radius 2 is 1.93 bits per heavy atom. The molecule has 0 saturated carbocycles. The van der Waals surface area contributed by atoms with Gasteiger partial charge in [0.15, 0.2) is 0 Å². The molecule has 0 atom stereocenters. The normalized spacial score (nSPS) is 10.7. The van der Waals surface area contributed by atoms with Gasteiger partial charge in [0.2, 0.25) is 5.91 Å². The Labute approximate surface area is 170 Å². The molecule has 0 aliphatic carbocycles. The van der Waals surface area contributed by atoms with Gasteiger partial charge in [-0.25, -0.2) is 4.98 Å². The van der Waals surface area contributed by atoms with Crippen molar-refractivity contribution in [2.75, 3.05) is 19.4 Å². The molecule has 1 N–H and O–H groups in total. The molecule has 2 aromatic carbocycles. The molecule has 0 radical (unpaired) electrons. The second-order valence-corrected chi connectivity index (χ2v) is 7.13. The Balaban J connectivity index is 1.82. The van der Waals surface area contributed by atoms with E-state index < -0.39 is 11.5 Å². The minimum atomic E-state index is -0.439. The molecule has 0 unspecified atom stereocenters. The van der Waals surface area contributed by atoms with E-state index >= 15 is 0 Å². The molecule has 0 fully saturated rings. The number of carbonyl (C=O) groups excluding carboxylic acids is 2. The van der Waals surface area contributed by atoms with Crippen molar-refractivity contribution < 1.29 is 9.59 Å². The summed E-state index contributed by atoms with van der Waals surface area (Å²) in [4.78, 5) is 42.6. The van der Waals surface area contributed by atoms with Crippen LogP contribution in [-0.2, 0) is 11.3 Å². The van der Waals surface area contributed by atoms with Gasteiger partial charge >= 0.3 is 0 Å². The van der Waals surface area contributed by atoms with Gasteiger partial charge in [-0.2, -0.15) is 0 Å². The highest BCUT2D eigenvalue weighted by atomic mass is 35.5. The van der Waals surface area contributed by atoms with Gasteiger partial charge in [0, 0.05) is 30.4 Å². The minimum Gasteiger partial charge on any atom is -0.345 e. The molecule has 3 aromatic rings. The summed E-state index contributed by atoms with van der Waals surface area (Å²) in [6.45, 7) is -0.252. The molecule has 144 valence electrons. The monoisotopic (exact) mass is 418 g/mol. The Kier molecular flexibility index (Phi) is 5.67. The highest BCUT2D eigenvalue weighted by Crippen LogP contribution is 2.24. The maximum Gasteiger partial charge on any atom is 0.261 e. The van der Waals surface area contributed by atoms with Crippen molar-refractivity contribution >= 4 is 51.6 Å². The zero-order valence-corrected chi connectivity index (χ0v) is 16.6. The lowest BCUT2D eigenvalue weighted by molar-refractivity contribution is -0.116. The summed E-state index contributed by atoms with van der Waals surface area (Å²) < 4.78 is 1.17. The van der Waals surface area contributed by atoms with E-state index in [0.717, 1.165) is 0 Å². The summed E-state index contributed by atoms with van der Waals surface area (Å²) in [5.41, 5.74) is 0.783. The van der Waals surface area contributed by atoms with E-state index in [9.17, 15) is 14.4 Å². The van der Waals surface area contributed by atoms with Crippen LogP contribution in [-0.4, -0.2) is 40.4 Å². The zero-order valence-electron chi connectivity index (χ0n) is 15.1. The molecule has 7 nitrogen and oxygen atoms in total. The maximum atomic E-state index is 12.6. The summed E-state index contributed by atoms with van der Waals surface area (Å²) in [5, 5.41) is 3.47. The fourth-order valence-corrected chi connectivity index (χ4v) is 3.19. The van der Waals surface area contributed by atoms with Gasteiger partial charge in [0.05, 0.1) is 22.3 Å². The topological polar surface area (TPSA) is 84.3 Å². The highest BCUT2D eigenvalue weighted by molar-refractivity contribution is 6.38. The number of halogens is 2. The summed E-state index contributed by atoms with van der Waals surface area (Å²) in [5.74, 6) is -0.620. The van der Waals surface area contributed by atoms with Gasteiger partial charge in [-0.3, -0.25) is 19.0 Å². The smallest absolute Gasteiger partial charge is 0.261 e. The molecular formula is C19H16Cl2N4O3. The molecule has 0 aliphatic rings. The molecule has 9 heteroatoms. The van der Waals surface area contributed by atoms with Crippen LogP contribution in [0.5, 0.6) is 0 Å². The summed E-state index contributed by atoms with van der Waals surface area (Å²) in [6, 6.07) is 9.51. The zero-order chi connectivity index (χ0) is 20.4. The Hall–Kier alpha value is -2.90. The first-order valence-corrected chi connectivity index (χ1v) is 8.97. The van der Waals surface area contributed by atoms with Crippen LogP contribution >= 0.6 is 23.2 Å². The van der Waals surface area contributed by atoms with Crippen LogP contribution in [0.2, 0.25) is 10.0 Å². The molecule has 2 amide bonds. The predicted octanol–water partition coefficient (Wildman–Crippen LogP) is 3.04. The average Bonchev–Trinajstić information content (AvgIpc) is 2.63. The van der Waals surface area contributed by atoms with Crippen molar-refractivity contribution in [1.29, 1.82) is 0 Å². The number of nitrogens with one attached hydrogen (secondary N) is 1. The van der Waals surface area contributed by atoms with Crippen molar-refractivity contribution in [3.8, 4) is 0 Å². The van der Waals surface area contributed by atoms with Gasteiger partial charge in [-0.15, -0.1) is 0 Å². The standard InChI is InChI=1S/C19H16Cl2N4O3/c1-24(2)18(27)11-4-3-5-13(6-11)23-16(26)9-25-10-22-17-14(19(25)28)7-12(20)8-15(17)21/h3-8,10H,9H2,1-2H3,(H,23,26). The first kappa shape index (κ1) is 19.9. The number of anilines is 1. The molecular weight excluding hydrogens is 403 g/mol. The number of nitrogens with zero attached hydrogens (tertiary/aromatic N) is 3. The van der Waals surface area contributed by atoms with Crippen molar-refractivity contribution in [2.45, 2.75) is 6.54 Å². The lowest BCUT2D eigenvalue weighted by Gasteiger charge is -2.12. The number of fused-ring (bicyclic) bond motifs is 1. The molecule has 3 rings (SSSR count). The first-order valence-electron chi connectivity index (χ1n) is 8.22. The number of rotatable bonds is 4. The average molecular weight is 419 g/mol. The number of carbonyl (C=O) groups is 2. The predicted molar refractivity (Wildman–Crippen MR) is 109 cm³/mol. The van der Waals surface area contributed by atoms with Gasteiger partial charge < -0.3 is 10.2 Å². The van der Waals surface area contributed by atoms with E-state index in [1.165, 1.54) is 27.9 Å². The van der Waals surface area contributed by atoms with Gasteiger partial charge in [0.1, 0.15) is 6.54 Å². The van der Waals surface area contributed by atoms with Crippen molar-refractivity contribution in [2.24, 2.45) is 0 Å². The number of aromatic nitrogens is 2. The number of amides is 2. The number of hydrogen-bond donors (Lipinski definition) is 1. The van der Waals surface area contributed by atoms with Crippen LogP contribution in [0, 0.1) is 0 Å². The molecule has 1 aromatic heterocycles. The van der Waals surface area contributed by atoms with E-state index in [0.29, 0.717) is 21.8 Å². The Morgan fingerprint density at radius 3 is 2.64 bits per heavy atom. The maximum absolute atomic E-state index is 12.6. The highest BCUT2D eigenvalue weighted by Gasteiger charge is 2.13. The lowest BCUT2D eigenvalue weighted by atomic mass is 10.2. The largest absolute Gasteiger partial charge is 0.345 e. The second kappa shape index (κ2) is 8.00. The first-order chi connectivity index (χ1) is 13.3.